The fraction of sp³-hybridized carbons (Fsp3) is 0.353. The number of carbonyl (C=O) groups is 1. The molecule has 23 heavy (non-hydrogen) atoms. The van der Waals surface area contributed by atoms with Gasteiger partial charge in [0, 0.05) is 37.7 Å². The van der Waals surface area contributed by atoms with Gasteiger partial charge in [0.2, 0.25) is 5.91 Å². The standard InChI is InChI=1S/C17H22BrN3OS/c1-20(2)14-6-4-13(5-7-14)10-19-17(22)12-21(3)11-15-8-9-16(18)23-15/h4-9H,10-12H2,1-3H3,(H,19,22). The van der Waals surface area contributed by atoms with Crippen molar-refractivity contribution in [3.8, 4) is 0 Å². The van der Waals surface area contributed by atoms with Crippen molar-refractivity contribution >= 4 is 38.9 Å². The first kappa shape index (κ1) is 18.0. The number of nitrogens with one attached hydrogen (secondary N) is 1. The fourth-order valence-electron chi connectivity index (χ4n) is 2.17. The Balaban J connectivity index is 1.75. The lowest BCUT2D eigenvalue weighted by Crippen LogP contribution is -2.34. The van der Waals surface area contributed by atoms with Crippen LogP contribution in [0.3, 0.4) is 0 Å². The number of likely N-dealkylation sites (N-methyl/N-ethyl adjacent to an activating group) is 1. The molecule has 0 aliphatic heterocycles. The molecular formula is C17H22BrN3OS. The van der Waals surface area contributed by atoms with E-state index in [1.54, 1.807) is 11.3 Å². The van der Waals surface area contributed by atoms with Crippen LogP contribution < -0.4 is 10.2 Å². The van der Waals surface area contributed by atoms with Crippen molar-refractivity contribution < 1.29 is 4.79 Å². The Morgan fingerprint density at radius 3 is 2.39 bits per heavy atom. The Labute approximate surface area is 150 Å². The summed E-state index contributed by atoms with van der Waals surface area (Å²) in [5.41, 5.74) is 2.26. The van der Waals surface area contributed by atoms with Gasteiger partial charge in [-0.05, 0) is 52.8 Å². The van der Waals surface area contributed by atoms with Crippen LogP contribution in [0, 0.1) is 0 Å². The van der Waals surface area contributed by atoms with Crippen LogP contribution in [0.4, 0.5) is 5.69 Å². The molecule has 2 aromatic rings. The van der Waals surface area contributed by atoms with Crippen LogP contribution in [0.5, 0.6) is 0 Å². The van der Waals surface area contributed by atoms with Crippen molar-refractivity contribution in [1.82, 2.24) is 10.2 Å². The van der Waals surface area contributed by atoms with E-state index in [1.165, 1.54) is 4.88 Å². The monoisotopic (exact) mass is 395 g/mol. The van der Waals surface area contributed by atoms with E-state index in [2.05, 4.69) is 44.3 Å². The van der Waals surface area contributed by atoms with Gasteiger partial charge in [-0.1, -0.05) is 12.1 Å². The average molecular weight is 396 g/mol. The maximum Gasteiger partial charge on any atom is 0.234 e. The molecular weight excluding hydrogens is 374 g/mol. The lowest BCUT2D eigenvalue weighted by Gasteiger charge is -2.16. The zero-order valence-corrected chi connectivity index (χ0v) is 16.1. The van der Waals surface area contributed by atoms with Gasteiger partial charge in [-0.3, -0.25) is 9.69 Å². The van der Waals surface area contributed by atoms with Crippen LogP contribution in [0.25, 0.3) is 0 Å². The lowest BCUT2D eigenvalue weighted by molar-refractivity contribution is -0.122. The van der Waals surface area contributed by atoms with Crippen LogP contribution in [-0.2, 0) is 17.9 Å². The zero-order valence-electron chi connectivity index (χ0n) is 13.7. The smallest absolute Gasteiger partial charge is 0.234 e. The van der Waals surface area contributed by atoms with Gasteiger partial charge in [0.25, 0.3) is 0 Å². The first-order chi connectivity index (χ1) is 10.9. The van der Waals surface area contributed by atoms with Gasteiger partial charge in [0.1, 0.15) is 0 Å². The number of benzene rings is 1. The van der Waals surface area contributed by atoms with Crippen LogP contribution in [0.2, 0.25) is 0 Å². The number of amides is 1. The average Bonchev–Trinajstić information content (AvgIpc) is 2.90. The lowest BCUT2D eigenvalue weighted by atomic mass is 10.2. The summed E-state index contributed by atoms with van der Waals surface area (Å²) in [6, 6.07) is 12.3. The highest BCUT2D eigenvalue weighted by Crippen LogP contribution is 2.22. The Hall–Kier alpha value is -1.37. The second-order valence-electron chi connectivity index (χ2n) is 5.72. The second-order valence-corrected chi connectivity index (χ2v) is 8.26. The SMILES string of the molecule is CN(CC(=O)NCc1ccc(N(C)C)cc1)Cc1ccc(Br)s1. The molecule has 124 valence electrons. The van der Waals surface area contributed by atoms with E-state index in [0.717, 1.165) is 21.6 Å². The Kier molecular flexibility index (Phi) is 6.62. The van der Waals surface area contributed by atoms with E-state index in [9.17, 15) is 4.79 Å². The molecule has 0 unspecified atom stereocenters. The van der Waals surface area contributed by atoms with E-state index >= 15 is 0 Å². The van der Waals surface area contributed by atoms with Gasteiger partial charge >= 0.3 is 0 Å². The molecule has 1 heterocycles. The molecule has 0 bridgehead atoms. The summed E-state index contributed by atoms with van der Waals surface area (Å²) in [6.45, 7) is 1.73. The first-order valence-electron chi connectivity index (χ1n) is 7.40. The van der Waals surface area contributed by atoms with E-state index in [1.807, 2.05) is 44.2 Å². The molecule has 0 aliphatic rings. The van der Waals surface area contributed by atoms with Gasteiger partial charge in [-0.25, -0.2) is 0 Å². The molecule has 0 aliphatic carbocycles. The van der Waals surface area contributed by atoms with Gasteiger partial charge in [-0.2, -0.15) is 0 Å². The minimum absolute atomic E-state index is 0.0415. The number of anilines is 1. The van der Waals surface area contributed by atoms with Gasteiger partial charge < -0.3 is 10.2 Å². The zero-order chi connectivity index (χ0) is 16.8. The summed E-state index contributed by atoms with van der Waals surface area (Å²) in [5, 5.41) is 2.97. The predicted octanol–water partition coefficient (Wildman–Crippen LogP) is 3.32. The Morgan fingerprint density at radius 2 is 1.83 bits per heavy atom. The van der Waals surface area contributed by atoms with Gasteiger partial charge in [0.15, 0.2) is 0 Å². The maximum absolute atomic E-state index is 12.0. The number of halogens is 1. The van der Waals surface area contributed by atoms with E-state index in [0.29, 0.717) is 13.1 Å². The highest BCUT2D eigenvalue weighted by molar-refractivity contribution is 9.11. The summed E-state index contributed by atoms with van der Waals surface area (Å²) < 4.78 is 1.12. The number of nitrogens with zero attached hydrogens (tertiary/aromatic N) is 2. The molecule has 0 fully saturated rings. The third-order valence-corrected chi connectivity index (χ3v) is 5.02. The van der Waals surface area contributed by atoms with Crippen molar-refractivity contribution in [2.45, 2.75) is 13.1 Å². The summed E-state index contributed by atoms with van der Waals surface area (Å²) >= 11 is 5.15. The third-order valence-electron chi connectivity index (χ3n) is 3.41. The molecule has 0 spiro atoms. The Morgan fingerprint density at radius 1 is 1.13 bits per heavy atom. The van der Waals surface area contributed by atoms with Crippen molar-refractivity contribution in [2.24, 2.45) is 0 Å². The van der Waals surface area contributed by atoms with Crippen LogP contribution >= 0.6 is 27.3 Å². The highest BCUT2D eigenvalue weighted by Gasteiger charge is 2.08. The molecule has 1 amide bonds. The van der Waals surface area contributed by atoms with Crippen LogP contribution in [0.1, 0.15) is 10.4 Å². The normalized spacial score (nSPS) is 10.8. The van der Waals surface area contributed by atoms with E-state index in [-0.39, 0.29) is 5.91 Å². The third kappa shape index (κ3) is 5.97. The number of carbonyl (C=O) groups excluding carboxylic acids is 1. The summed E-state index contributed by atoms with van der Waals surface area (Å²) in [5.74, 6) is 0.0415. The Bertz CT molecular complexity index is 640. The van der Waals surface area contributed by atoms with E-state index in [4.69, 9.17) is 0 Å². The summed E-state index contributed by atoms with van der Waals surface area (Å²) in [6.07, 6.45) is 0. The maximum atomic E-state index is 12.0. The summed E-state index contributed by atoms with van der Waals surface area (Å²) in [7, 11) is 5.98. The molecule has 0 radical (unpaired) electrons. The van der Waals surface area contributed by atoms with Crippen LogP contribution in [0.15, 0.2) is 40.2 Å². The molecule has 0 atom stereocenters. The topological polar surface area (TPSA) is 35.6 Å². The van der Waals surface area contributed by atoms with Crippen molar-refractivity contribution in [3.63, 3.8) is 0 Å². The van der Waals surface area contributed by atoms with Crippen LogP contribution in [-0.4, -0.2) is 38.5 Å². The second kappa shape index (κ2) is 8.47. The number of thiophene rings is 1. The first-order valence-corrected chi connectivity index (χ1v) is 9.00. The molecule has 6 heteroatoms. The molecule has 0 saturated heterocycles. The summed E-state index contributed by atoms with van der Waals surface area (Å²) in [4.78, 5) is 17.3. The van der Waals surface area contributed by atoms with Crippen molar-refractivity contribution in [1.29, 1.82) is 0 Å². The van der Waals surface area contributed by atoms with Crippen molar-refractivity contribution in [2.75, 3.05) is 32.6 Å². The minimum atomic E-state index is 0.0415. The number of rotatable bonds is 7. The molecule has 1 aromatic carbocycles. The molecule has 0 saturated carbocycles. The molecule has 1 aromatic heterocycles. The molecule has 2 rings (SSSR count). The van der Waals surface area contributed by atoms with Crippen molar-refractivity contribution in [3.05, 3.63) is 50.6 Å². The fourth-order valence-corrected chi connectivity index (χ4v) is 3.74. The highest BCUT2D eigenvalue weighted by atomic mass is 79.9. The quantitative estimate of drug-likeness (QED) is 0.780. The number of hydrogen-bond donors (Lipinski definition) is 1. The van der Waals surface area contributed by atoms with Gasteiger partial charge in [0.05, 0.1) is 10.3 Å². The molecule has 4 nitrogen and oxygen atoms in total. The largest absolute Gasteiger partial charge is 0.378 e. The molecule has 1 N–H and O–H groups in total. The minimum Gasteiger partial charge on any atom is -0.378 e. The van der Waals surface area contributed by atoms with E-state index < -0.39 is 0 Å². The number of hydrogen-bond acceptors (Lipinski definition) is 4. The van der Waals surface area contributed by atoms with Gasteiger partial charge in [-0.15, -0.1) is 11.3 Å². The predicted molar refractivity (Wildman–Crippen MR) is 101 cm³/mol.